The van der Waals surface area contributed by atoms with Crippen LogP contribution >= 0.6 is 0 Å². The van der Waals surface area contributed by atoms with Gasteiger partial charge in [-0.25, -0.2) is 4.98 Å². The normalized spacial score (nSPS) is 10.1. The zero-order valence-electron chi connectivity index (χ0n) is 8.23. The molecule has 2 aromatic heterocycles. The summed E-state index contributed by atoms with van der Waals surface area (Å²) in [6.07, 6.45) is 3.69. The maximum atomic E-state index is 4.23. The van der Waals surface area contributed by atoms with E-state index < -0.39 is 0 Å². The molecular weight excluding hydrogens is 176 g/mol. The maximum absolute atomic E-state index is 4.23. The summed E-state index contributed by atoms with van der Waals surface area (Å²) in [4.78, 5) is 4.18. The van der Waals surface area contributed by atoms with E-state index in [2.05, 4.69) is 15.4 Å². The van der Waals surface area contributed by atoms with Crippen LogP contribution in [0.4, 0.5) is 11.5 Å². The molecule has 0 spiro atoms. The third kappa shape index (κ3) is 1.74. The van der Waals surface area contributed by atoms with Crippen LogP contribution in [0.15, 0.2) is 30.6 Å². The largest absolute Gasteiger partial charge is 0.337 e. The Hall–Kier alpha value is -1.84. The van der Waals surface area contributed by atoms with Crippen LogP contribution in [0, 0.1) is 6.92 Å². The summed E-state index contributed by atoms with van der Waals surface area (Å²) in [5, 5.41) is 7.43. The minimum atomic E-state index is 0.837. The van der Waals surface area contributed by atoms with Gasteiger partial charge in [0.15, 0.2) is 0 Å². The number of aromatic nitrogens is 3. The average molecular weight is 188 g/mol. The van der Waals surface area contributed by atoms with Gasteiger partial charge in [0.25, 0.3) is 0 Å². The Labute approximate surface area is 82.6 Å². The van der Waals surface area contributed by atoms with Crippen LogP contribution in [0.2, 0.25) is 0 Å². The van der Waals surface area contributed by atoms with Gasteiger partial charge in [-0.2, -0.15) is 5.10 Å². The van der Waals surface area contributed by atoms with Crippen molar-refractivity contribution in [2.45, 2.75) is 6.92 Å². The van der Waals surface area contributed by atoms with Gasteiger partial charge in [0.1, 0.15) is 5.82 Å². The fraction of sp³-hybridized carbons (Fsp3) is 0.200. The van der Waals surface area contributed by atoms with E-state index in [9.17, 15) is 0 Å². The predicted octanol–water partition coefficient (Wildman–Crippen LogP) is 1.87. The molecule has 0 aliphatic rings. The Morgan fingerprint density at radius 1 is 1.36 bits per heavy atom. The Kier molecular flexibility index (Phi) is 2.18. The van der Waals surface area contributed by atoms with E-state index in [0.29, 0.717) is 0 Å². The van der Waals surface area contributed by atoms with Crippen molar-refractivity contribution in [2.24, 2.45) is 7.05 Å². The molecule has 0 atom stereocenters. The zero-order chi connectivity index (χ0) is 9.97. The van der Waals surface area contributed by atoms with E-state index in [0.717, 1.165) is 17.2 Å². The fourth-order valence-corrected chi connectivity index (χ4v) is 1.30. The standard InChI is InChI=1S/C10H12N4/c1-8-9(7-14(2)13-8)12-10-5-3-4-6-11-10/h3-7H,1-2H3,(H,11,12). The number of nitrogens with zero attached hydrogens (tertiary/aromatic N) is 3. The van der Waals surface area contributed by atoms with Crippen molar-refractivity contribution in [1.29, 1.82) is 0 Å². The first kappa shape index (κ1) is 8.74. The Morgan fingerprint density at radius 3 is 2.79 bits per heavy atom. The lowest BCUT2D eigenvalue weighted by Crippen LogP contribution is -1.92. The molecule has 0 unspecified atom stereocenters. The molecule has 4 nitrogen and oxygen atoms in total. The summed E-state index contributed by atoms with van der Waals surface area (Å²) in [7, 11) is 1.90. The number of anilines is 2. The van der Waals surface area contributed by atoms with Crippen LogP contribution in [0.3, 0.4) is 0 Å². The molecule has 0 radical (unpaired) electrons. The molecule has 2 heterocycles. The summed E-state index contributed by atoms with van der Waals surface area (Å²) < 4.78 is 1.78. The molecule has 0 fully saturated rings. The van der Waals surface area contributed by atoms with Crippen molar-refractivity contribution in [3.8, 4) is 0 Å². The van der Waals surface area contributed by atoms with Gasteiger partial charge in [-0.05, 0) is 19.1 Å². The predicted molar refractivity (Wildman–Crippen MR) is 55.5 cm³/mol. The van der Waals surface area contributed by atoms with E-state index in [1.165, 1.54) is 0 Å². The van der Waals surface area contributed by atoms with Crippen molar-refractivity contribution < 1.29 is 0 Å². The van der Waals surface area contributed by atoms with Gasteiger partial charge in [-0.3, -0.25) is 4.68 Å². The Balaban J connectivity index is 2.23. The SMILES string of the molecule is Cc1nn(C)cc1Nc1ccccn1. The molecule has 4 heteroatoms. The summed E-state index contributed by atoms with van der Waals surface area (Å²) >= 11 is 0. The van der Waals surface area contributed by atoms with Crippen molar-refractivity contribution in [2.75, 3.05) is 5.32 Å². The Morgan fingerprint density at radius 2 is 2.21 bits per heavy atom. The van der Waals surface area contributed by atoms with Crippen LogP contribution in [0.5, 0.6) is 0 Å². The van der Waals surface area contributed by atoms with Gasteiger partial charge < -0.3 is 5.32 Å². The van der Waals surface area contributed by atoms with E-state index in [1.807, 2.05) is 38.4 Å². The highest BCUT2D eigenvalue weighted by atomic mass is 15.3. The summed E-state index contributed by atoms with van der Waals surface area (Å²) in [5.74, 6) is 0.837. The third-order valence-corrected chi connectivity index (χ3v) is 1.94. The molecule has 0 saturated heterocycles. The van der Waals surface area contributed by atoms with Crippen molar-refractivity contribution in [1.82, 2.24) is 14.8 Å². The van der Waals surface area contributed by atoms with Gasteiger partial charge in [0, 0.05) is 19.4 Å². The minimum absolute atomic E-state index is 0.837. The van der Waals surface area contributed by atoms with Crippen molar-refractivity contribution in [3.63, 3.8) is 0 Å². The molecule has 72 valence electrons. The molecule has 2 rings (SSSR count). The lowest BCUT2D eigenvalue weighted by Gasteiger charge is -2.01. The number of nitrogens with one attached hydrogen (secondary N) is 1. The molecule has 0 aliphatic carbocycles. The van der Waals surface area contributed by atoms with Crippen LogP contribution in [0.1, 0.15) is 5.69 Å². The van der Waals surface area contributed by atoms with Gasteiger partial charge in [-0.15, -0.1) is 0 Å². The van der Waals surface area contributed by atoms with Crippen molar-refractivity contribution >= 4 is 11.5 Å². The number of rotatable bonds is 2. The number of hydrogen-bond acceptors (Lipinski definition) is 3. The summed E-state index contributed by atoms with van der Waals surface area (Å²) in [6, 6.07) is 5.76. The topological polar surface area (TPSA) is 42.7 Å². The highest BCUT2D eigenvalue weighted by Gasteiger charge is 2.02. The van der Waals surface area contributed by atoms with Gasteiger partial charge in [0.05, 0.1) is 11.4 Å². The monoisotopic (exact) mass is 188 g/mol. The summed E-state index contributed by atoms with van der Waals surface area (Å²) in [6.45, 7) is 1.96. The second-order valence-electron chi connectivity index (χ2n) is 3.14. The highest BCUT2D eigenvalue weighted by Crippen LogP contribution is 2.16. The molecule has 0 saturated carbocycles. The second-order valence-corrected chi connectivity index (χ2v) is 3.14. The van der Waals surface area contributed by atoms with E-state index in [4.69, 9.17) is 0 Å². The first-order chi connectivity index (χ1) is 6.75. The average Bonchev–Trinajstić information content (AvgIpc) is 2.47. The van der Waals surface area contributed by atoms with Crippen LogP contribution in [-0.4, -0.2) is 14.8 Å². The smallest absolute Gasteiger partial charge is 0.130 e. The lowest BCUT2D eigenvalue weighted by molar-refractivity contribution is 0.756. The molecule has 14 heavy (non-hydrogen) atoms. The van der Waals surface area contributed by atoms with Gasteiger partial charge >= 0.3 is 0 Å². The quantitative estimate of drug-likeness (QED) is 0.782. The van der Waals surface area contributed by atoms with Gasteiger partial charge in [0.2, 0.25) is 0 Å². The van der Waals surface area contributed by atoms with Crippen molar-refractivity contribution in [3.05, 3.63) is 36.3 Å². The lowest BCUT2D eigenvalue weighted by atomic mass is 10.4. The van der Waals surface area contributed by atoms with E-state index in [-0.39, 0.29) is 0 Å². The number of aryl methyl sites for hydroxylation is 2. The molecular formula is C10H12N4. The number of pyridine rings is 1. The first-order valence-electron chi connectivity index (χ1n) is 4.44. The second kappa shape index (κ2) is 3.49. The Bertz CT molecular complexity index is 419. The van der Waals surface area contributed by atoms with Crippen LogP contribution in [0.25, 0.3) is 0 Å². The third-order valence-electron chi connectivity index (χ3n) is 1.94. The number of hydrogen-bond donors (Lipinski definition) is 1. The van der Waals surface area contributed by atoms with Crippen LogP contribution in [-0.2, 0) is 7.05 Å². The highest BCUT2D eigenvalue weighted by molar-refractivity contribution is 5.57. The van der Waals surface area contributed by atoms with Crippen LogP contribution < -0.4 is 5.32 Å². The molecule has 0 aromatic carbocycles. The van der Waals surface area contributed by atoms with E-state index in [1.54, 1.807) is 10.9 Å². The van der Waals surface area contributed by atoms with E-state index >= 15 is 0 Å². The van der Waals surface area contributed by atoms with Gasteiger partial charge in [-0.1, -0.05) is 6.07 Å². The zero-order valence-corrected chi connectivity index (χ0v) is 8.23. The minimum Gasteiger partial charge on any atom is -0.337 e. The molecule has 0 bridgehead atoms. The first-order valence-corrected chi connectivity index (χ1v) is 4.44. The summed E-state index contributed by atoms with van der Waals surface area (Å²) in [5.41, 5.74) is 1.96. The molecule has 0 aliphatic heterocycles. The fourth-order valence-electron chi connectivity index (χ4n) is 1.30. The maximum Gasteiger partial charge on any atom is 0.130 e. The molecule has 1 N–H and O–H groups in total. The molecule has 2 aromatic rings. The molecule has 0 amide bonds.